The average Bonchev–Trinajstić information content (AvgIpc) is 2.65. The number of benzene rings is 2. The molecule has 0 bridgehead atoms. The first kappa shape index (κ1) is 21.6. The summed E-state index contributed by atoms with van der Waals surface area (Å²) in [6.07, 6.45) is 0.687. The molecular weight excluding hydrogens is 388 g/mol. The highest BCUT2D eigenvalue weighted by Gasteiger charge is 2.48. The van der Waals surface area contributed by atoms with Crippen LogP contribution in [-0.2, 0) is 14.6 Å². The third-order valence-electron chi connectivity index (χ3n) is 5.15. The highest BCUT2D eigenvalue weighted by Crippen LogP contribution is 2.28. The van der Waals surface area contributed by atoms with E-state index < -0.39 is 26.6 Å². The highest BCUT2D eigenvalue weighted by atomic mass is 35.5. The van der Waals surface area contributed by atoms with Gasteiger partial charge in [-0.25, -0.2) is 8.42 Å². The molecule has 1 aliphatic rings. The van der Waals surface area contributed by atoms with E-state index in [1.165, 1.54) is 0 Å². The van der Waals surface area contributed by atoms with Crippen molar-refractivity contribution >= 4 is 38.9 Å². The van der Waals surface area contributed by atoms with Gasteiger partial charge in [0.15, 0.2) is 14.6 Å². The van der Waals surface area contributed by atoms with E-state index in [1.807, 2.05) is 42.5 Å². The van der Waals surface area contributed by atoms with Crippen LogP contribution >= 0.6 is 12.4 Å². The molecule has 0 radical (unpaired) electrons. The van der Waals surface area contributed by atoms with Gasteiger partial charge in [-0.3, -0.25) is 4.79 Å². The summed E-state index contributed by atoms with van der Waals surface area (Å²) in [7, 11) is -3.56. The fourth-order valence-corrected chi connectivity index (χ4v) is 4.83. The van der Waals surface area contributed by atoms with E-state index in [2.05, 4.69) is 10.6 Å². The number of hydrogen-bond donors (Lipinski definition) is 3. The van der Waals surface area contributed by atoms with Gasteiger partial charge in [-0.15, -0.1) is 12.4 Å². The van der Waals surface area contributed by atoms with Gasteiger partial charge in [0.1, 0.15) is 0 Å². The van der Waals surface area contributed by atoms with Gasteiger partial charge in [0.2, 0.25) is 5.91 Å². The minimum absolute atomic E-state index is 0. The number of nitrogens with one attached hydrogen (secondary N) is 2. The molecule has 1 aliphatic heterocycles. The van der Waals surface area contributed by atoms with Gasteiger partial charge in [-0.1, -0.05) is 36.4 Å². The molecule has 1 amide bonds. The number of piperidine rings is 1. The normalized spacial score (nSPS) is 17.7. The molecule has 27 heavy (non-hydrogen) atoms. The molecule has 3 N–H and O–H groups in total. The van der Waals surface area contributed by atoms with Gasteiger partial charge in [0.05, 0.1) is 6.10 Å². The van der Waals surface area contributed by atoms with Crippen molar-refractivity contribution in [2.24, 2.45) is 0 Å². The largest absolute Gasteiger partial charge is 0.387 e. The predicted molar refractivity (Wildman–Crippen MR) is 109 cm³/mol. The van der Waals surface area contributed by atoms with Crippen molar-refractivity contribution < 1.29 is 18.3 Å². The molecule has 0 aromatic heterocycles. The lowest BCUT2D eigenvalue weighted by Gasteiger charge is -2.34. The number of fused-ring (bicyclic) bond motifs is 1. The molecule has 0 spiro atoms. The molecule has 1 heterocycles. The lowest BCUT2D eigenvalue weighted by molar-refractivity contribution is -0.124. The van der Waals surface area contributed by atoms with Crippen LogP contribution in [0.3, 0.4) is 0 Å². The van der Waals surface area contributed by atoms with Crippen molar-refractivity contribution in [1.29, 1.82) is 0 Å². The number of carbonyl (C=O) groups is 1. The lowest BCUT2D eigenvalue weighted by Crippen LogP contribution is -2.57. The Labute approximate surface area is 165 Å². The maximum absolute atomic E-state index is 12.7. The number of carbonyl (C=O) groups excluding carboxylic acids is 1. The number of aliphatic hydroxyl groups excluding tert-OH is 1. The number of amides is 1. The molecular formula is C19H25ClN2O4S. The zero-order valence-electron chi connectivity index (χ0n) is 15.1. The van der Waals surface area contributed by atoms with E-state index in [0.29, 0.717) is 18.7 Å². The molecule has 1 atom stereocenters. The number of hydrogen-bond acceptors (Lipinski definition) is 5. The summed E-state index contributed by atoms with van der Waals surface area (Å²) in [5.74, 6) is -0.527. The smallest absolute Gasteiger partial charge is 0.241 e. The Morgan fingerprint density at radius 3 is 2.44 bits per heavy atom. The summed E-state index contributed by atoms with van der Waals surface area (Å²) in [5.41, 5.74) is 0.683. The Bertz CT molecular complexity index is 911. The van der Waals surface area contributed by atoms with Crippen molar-refractivity contribution in [3.63, 3.8) is 0 Å². The van der Waals surface area contributed by atoms with Crippen LogP contribution in [0.2, 0.25) is 0 Å². The third kappa shape index (κ3) is 4.43. The van der Waals surface area contributed by atoms with Crippen molar-refractivity contribution in [2.75, 3.05) is 25.9 Å². The highest BCUT2D eigenvalue weighted by molar-refractivity contribution is 7.92. The van der Waals surface area contributed by atoms with E-state index >= 15 is 0 Å². The van der Waals surface area contributed by atoms with Crippen LogP contribution in [0.5, 0.6) is 0 Å². The van der Waals surface area contributed by atoms with Crippen LogP contribution in [0, 0.1) is 0 Å². The Morgan fingerprint density at radius 1 is 1.19 bits per heavy atom. The fourth-order valence-electron chi connectivity index (χ4n) is 3.48. The fraction of sp³-hybridized carbons (Fsp3) is 0.421. The number of sulfone groups is 1. The second kappa shape index (κ2) is 8.56. The minimum atomic E-state index is -3.56. The molecule has 1 fully saturated rings. The summed E-state index contributed by atoms with van der Waals surface area (Å²) in [6, 6.07) is 13.4. The zero-order chi connectivity index (χ0) is 18.8. The quantitative estimate of drug-likeness (QED) is 0.693. The lowest BCUT2D eigenvalue weighted by atomic mass is 9.95. The van der Waals surface area contributed by atoms with Crippen molar-refractivity contribution in [1.82, 2.24) is 10.6 Å². The summed E-state index contributed by atoms with van der Waals surface area (Å²) in [5, 5.41) is 18.2. The first-order chi connectivity index (χ1) is 12.3. The molecule has 3 rings (SSSR count). The summed E-state index contributed by atoms with van der Waals surface area (Å²) in [6.45, 7) is 0.934. The molecule has 2 aromatic carbocycles. The van der Waals surface area contributed by atoms with Crippen molar-refractivity contribution in [2.45, 2.75) is 23.7 Å². The summed E-state index contributed by atoms with van der Waals surface area (Å²) >= 11 is 0. The summed E-state index contributed by atoms with van der Waals surface area (Å²) in [4.78, 5) is 12.7. The van der Waals surface area contributed by atoms with Crippen LogP contribution in [0.1, 0.15) is 24.5 Å². The SMILES string of the molecule is CS(=O)(=O)C1(C(=O)NCC(O)c2ccc3ccccc3c2)CCNCC1.Cl. The molecule has 0 aliphatic carbocycles. The van der Waals surface area contributed by atoms with Gasteiger partial charge in [0.25, 0.3) is 0 Å². The minimum Gasteiger partial charge on any atom is -0.387 e. The first-order valence-electron chi connectivity index (χ1n) is 8.69. The number of halogens is 1. The van der Waals surface area contributed by atoms with Crippen LogP contribution in [0.15, 0.2) is 42.5 Å². The molecule has 148 valence electrons. The monoisotopic (exact) mass is 412 g/mol. The van der Waals surface area contributed by atoms with Gasteiger partial charge < -0.3 is 15.7 Å². The van der Waals surface area contributed by atoms with Gasteiger partial charge in [0, 0.05) is 12.8 Å². The molecule has 6 nitrogen and oxygen atoms in total. The van der Waals surface area contributed by atoms with E-state index in [1.54, 1.807) is 0 Å². The first-order valence-corrected chi connectivity index (χ1v) is 10.6. The number of rotatable bonds is 5. The molecule has 1 saturated heterocycles. The molecule has 8 heteroatoms. The van der Waals surface area contributed by atoms with E-state index in [4.69, 9.17) is 0 Å². The van der Waals surface area contributed by atoms with Crippen molar-refractivity contribution in [3.05, 3.63) is 48.0 Å². The maximum atomic E-state index is 12.7. The van der Waals surface area contributed by atoms with E-state index in [9.17, 15) is 18.3 Å². The van der Waals surface area contributed by atoms with Crippen LogP contribution in [0.4, 0.5) is 0 Å². The Morgan fingerprint density at radius 2 is 1.81 bits per heavy atom. The van der Waals surface area contributed by atoms with Gasteiger partial charge in [-0.2, -0.15) is 0 Å². The summed E-state index contributed by atoms with van der Waals surface area (Å²) < 4.78 is 23.1. The second-order valence-electron chi connectivity index (χ2n) is 6.85. The van der Waals surface area contributed by atoms with Crippen LogP contribution in [0.25, 0.3) is 10.8 Å². The van der Waals surface area contributed by atoms with Crippen LogP contribution < -0.4 is 10.6 Å². The third-order valence-corrected chi connectivity index (χ3v) is 7.16. The number of aliphatic hydroxyl groups is 1. The Hall–Kier alpha value is -1.67. The van der Waals surface area contributed by atoms with E-state index in [-0.39, 0.29) is 31.8 Å². The van der Waals surface area contributed by atoms with Crippen molar-refractivity contribution in [3.8, 4) is 0 Å². The van der Waals surface area contributed by atoms with Gasteiger partial charge in [-0.05, 0) is 48.3 Å². The topological polar surface area (TPSA) is 95.5 Å². The predicted octanol–water partition coefficient (Wildman–Crippen LogP) is 1.58. The Balaban J connectivity index is 0.00000261. The standard InChI is InChI=1S/C19H24N2O4S.ClH/c1-26(24,25)19(8-10-20-11-9-19)18(23)21-13-17(22)16-7-6-14-4-2-3-5-15(14)12-16;/h2-7,12,17,20,22H,8-11,13H2,1H3,(H,21,23);1H. The molecule has 0 saturated carbocycles. The van der Waals surface area contributed by atoms with Gasteiger partial charge >= 0.3 is 0 Å². The second-order valence-corrected chi connectivity index (χ2v) is 9.17. The maximum Gasteiger partial charge on any atom is 0.241 e. The molecule has 2 aromatic rings. The zero-order valence-corrected chi connectivity index (χ0v) is 16.8. The average molecular weight is 413 g/mol. The van der Waals surface area contributed by atoms with E-state index in [0.717, 1.165) is 17.0 Å². The van der Waals surface area contributed by atoms with Crippen LogP contribution in [-0.4, -0.2) is 50.1 Å². The molecule has 1 unspecified atom stereocenters. The Kier molecular flexibility index (Phi) is 6.86.